The van der Waals surface area contributed by atoms with Gasteiger partial charge in [-0.3, -0.25) is 4.98 Å². The molecule has 3 saturated carbocycles. The Morgan fingerprint density at radius 2 is 1.84 bits per heavy atom. The van der Waals surface area contributed by atoms with Crippen LogP contribution in [0.25, 0.3) is 11.4 Å². The molecule has 2 bridgehead atoms. The Hall–Kier alpha value is -2.93. The highest BCUT2D eigenvalue weighted by atomic mass is 19.1. The van der Waals surface area contributed by atoms with E-state index in [1.54, 1.807) is 12.3 Å². The maximum absolute atomic E-state index is 15.5. The number of nitrogens with zero attached hydrogens (tertiary/aromatic N) is 4. The number of nitrogens with one attached hydrogen (secondary N) is 1. The summed E-state index contributed by atoms with van der Waals surface area (Å²) in [7, 11) is 2.01. The average molecular weight is 778 g/mol. The number of hydrogen-bond acceptors (Lipinski definition) is 9. The molecule has 0 spiro atoms. The van der Waals surface area contributed by atoms with Gasteiger partial charge >= 0.3 is 6.16 Å². The normalized spacial score (nSPS) is 40.8. The number of allylic oxidation sites excluding steroid dienone is 1. The van der Waals surface area contributed by atoms with Crippen molar-refractivity contribution in [2.24, 2.45) is 50.7 Å². The van der Waals surface area contributed by atoms with Crippen molar-refractivity contribution in [3.63, 3.8) is 0 Å². The van der Waals surface area contributed by atoms with E-state index in [0.717, 1.165) is 44.9 Å². The summed E-state index contributed by atoms with van der Waals surface area (Å²) in [6, 6.07) is 1.41. The van der Waals surface area contributed by atoms with Crippen molar-refractivity contribution >= 4 is 6.16 Å². The van der Waals surface area contributed by atoms with Gasteiger partial charge in [0.1, 0.15) is 12.4 Å². The van der Waals surface area contributed by atoms with Crippen LogP contribution in [0.15, 0.2) is 36.4 Å². The fourth-order valence-electron chi connectivity index (χ4n) is 13.6. The first-order valence-corrected chi connectivity index (χ1v) is 21.1. The molecular weight excluding hydrogens is 714 g/mol. The SMILES string of the molecule is CNC1(CO[C@H]2[C@H](n3ncnc3-c3ccncc3F)C[C@@]34COC[C@]2(C)[C@@H]3CC[C@H]2C4=CC[C@]3(C)[C@H](OC(=O)O)[C@@](C)([C@H](C)C(C)C)CC[C@]23C)CCOCC1. The monoisotopic (exact) mass is 777 g/mol. The van der Waals surface area contributed by atoms with Gasteiger partial charge in [0.05, 0.1) is 43.7 Å². The Balaban J connectivity index is 1.24. The van der Waals surface area contributed by atoms with Crippen molar-refractivity contribution in [1.82, 2.24) is 25.1 Å². The lowest BCUT2D eigenvalue weighted by molar-refractivity contribution is -0.257. The lowest BCUT2D eigenvalue weighted by atomic mass is 9.35. The average Bonchev–Trinajstić information content (AvgIpc) is 3.66. The molecule has 2 aromatic rings. The fraction of sp³-hybridized carbons (Fsp3) is 0.773. The first-order valence-electron chi connectivity index (χ1n) is 21.1. The maximum atomic E-state index is 15.5. The summed E-state index contributed by atoms with van der Waals surface area (Å²) < 4.78 is 43.4. The third-order valence-corrected chi connectivity index (χ3v) is 17.4. The molecule has 4 aliphatic carbocycles. The van der Waals surface area contributed by atoms with Gasteiger partial charge in [0.25, 0.3) is 0 Å². The lowest BCUT2D eigenvalue weighted by Gasteiger charge is -2.71. The molecule has 0 amide bonds. The van der Waals surface area contributed by atoms with Gasteiger partial charge in [0, 0.05) is 46.6 Å². The lowest BCUT2D eigenvalue weighted by Crippen LogP contribution is -2.70. The highest BCUT2D eigenvalue weighted by molar-refractivity contribution is 5.57. The molecule has 56 heavy (non-hydrogen) atoms. The summed E-state index contributed by atoms with van der Waals surface area (Å²) in [5.74, 6) is 1.21. The summed E-state index contributed by atoms with van der Waals surface area (Å²) in [5, 5.41) is 18.7. The minimum absolute atomic E-state index is 0.204. The van der Waals surface area contributed by atoms with Crippen LogP contribution in [0.3, 0.4) is 0 Å². The number of aromatic nitrogens is 4. The Morgan fingerprint density at radius 3 is 2.54 bits per heavy atom. The van der Waals surface area contributed by atoms with Crippen molar-refractivity contribution in [1.29, 1.82) is 0 Å². The molecule has 0 aromatic carbocycles. The summed E-state index contributed by atoms with van der Waals surface area (Å²) in [6.45, 7) is 19.2. The third-order valence-electron chi connectivity index (χ3n) is 17.4. The quantitative estimate of drug-likeness (QED) is 0.190. The second-order valence-corrected chi connectivity index (χ2v) is 19.9. The number of rotatable bonds is 9. The second kappa shape index (κ2) is 14.1. The molecule has 0 unspecified atom stereocenters. The molecule has 8 rings (SSSR count). The number of halogens is 1. The van der Waals surface area contributed by atoms with Crippen molar-refractivity contribution in [3.05, 3.63) is 42.3 Å². The van der Waals surface area contributed by atoms with Gasteiger partial charge in [0.15, 0.2) is 11.6 Å². The van der Waals surface area contributed by atoms with Crippen LogP contribution < -0.4 is 5.32 Å². The van der Waals surface area contributed by atoms with E-state index in [-0.39, 0.29) is 57.1 Å². The number of ether oxygens (including phenoxy) is 4. The van der Waals surface area contributed by atoms with Gasteiger partial charge in [-0.05, 0) is 93.6 Å². The highest BCUT2D eigenvalue weighted by Gasteiger charge is 2.72. The van der Waals surface area contributed by atoms with Gasteiger partial charge in [-0.15, -0.1) is 0 Å². The summed E-state index contributed by atoms with van der Waals surface area (Å²) in [6.07, 6.45) is 12.0. The fourth-order valence-corrected chi connectivity index (χ4v) is 13.6. The molecule has 0 radical (unpaired) electrons. The minimum Gasteiger partial charge on any atom is -0.450 e. The van der Waals surface area contributed by atoms with E-state index >= 15 is 4.39 Å². The molecule has 11 atom stereocenters. The Bertz CT molecular complexity index is 1830. The molecule has 11 nitrogen and oxygen atoms in total. The molecule has 12 heteroatoms. The molecular formula is C44H64FN5O6. The Kier molecular flexibility index (Phi) is 10.1. The van der Waals surface area contributed by atoms with Crippen molar-refractivity contribution in [2.45, 2.75) is 124 Å². The molecule has 6 aliphatic rings. The van der Waals surface area contributed by atoms with Crippen LogP contribution in [0.1, 0.15) is 106 Å². The van der Waals surface area contributed by atoms with E-state index < -0.39 is 23.5 Å². The zero-order chi connectivity index (χ0) is 39.9. The van der Waals surface area contributed by atoms with E-state index in [2.05, 4.69) is 69.8 Å². The van der Waals surface area contributed by atoms with E-state index in [1.807, 2.05) is 11.7 Å². The Labute approximate surface area is 331 Å². The van der Waals surface area contributed by atoms with Crippen LogP contribution in [-0.4, -0.2) is 88.8 Å². The summed E-state index contributed by atoms with van der Waals surface area (Å²) >= 11 is 0. The van der Waals surface area contributed by atoms with Gasteiger partial charge in [-0.2, -0.15) is 5.10 Å². The second-order valence-electron chi connectivity index (χ2n) is 19.9. The van der Waals surface area contributed by atoms with Gasteiger partial charge in [-0.1, -0.05) is 60.1 Å². The first kappa shape index (κ1) is 39.9. The number of fused-ring (bicyclic) bond motifs is 3. The molecule has 2 N–H and O–H groups in total. The van der Waals surface area contributed by atoms with Crippen LogP contribution in [-0.2, 0) is 18.9 Å². The van der Waals surface area contributed by atoms with Crippen LogP contribution in [0.4, 0.5) is 9.18 Å². The molecule has 5 fully saturated rings. The van der Waals surface area contributed by atoms with Gasteiger partial charge in [-0.25, -0.2) is 18.9 Å². The zero-order valence-electron chi connectivity index (χ0n) is 34.8. The third kappa shape index (κ3) is 5.76. The smallest absolute Gasteiger partial charge is 0.450 e. The first-order chi connectivity index (χ1) is 26.6. The number of carboxylic acid groups (broad SMARTS) is 1. The van der Waals surface area contributed by atoms with E-state index in [4.69, 9.17) is 24.0 Å². The topological polar surface area (TPSA) is 130 Å². The molecule has 2 saturated heterocycles. The van der Waals surface area contributed by atoms with Crippen LogP contribution in [0.2, 0.25) is 0 Å². The van der Waals surface area contributed by atoms with Gasteiger partial charge in [0.2, 0.25) is 0 Å². The van der Waals surface area contributed by atoms with Crippen LogP contribution in [0.5, 0.6) is 0 Å². The van der Waals surface area contributed by atoms with Gasteiger partial charge < -0.3 is 29.4 Å². The summed E-state index contributed by atoms with van der Waals surface area (Å²) in [5.41, 5.74) is -0.0103. The Morgan fingerprint density at radius 1 is 1.07 bits per heavy atom. The number of hydrogen-bond donors (Lipinski definition) is 2. The van der Waals surface area contributed by atoms with E-state index in [1.165, 1.54) is 18.1 Å². The highest BCUT2D eigenvalue weighted by Crippen LogP contribution is 2.74. The number of carbonyl (C=O) groups is 1. The van der Waals surface area contributed by atoms with Crippen molar-refractivity contribution in [2.75, 3.05) is 40.1 Å². The standard InChI is InChI=1S/C44H64FN5O6/c1-27(2)28(3)39(4)14-15-41(6)30-9-10-34-40(5)23-54-25-44(34,31(30)11-13-42(41,7)37(39)56-38(51)52)21-33(35(40)55-24-43(46-8)16-19-53-20-17-43)50-36(48-26-49-50)29-12-18-47-22-32(29)45/h11-12,18,22,26-28,30,33-35,37,46H,9-10,13-17,19-21,23-25H2,1-8H3,(H,51,52)/t28-,30+,33-,34+,35+,37-,39-,40-,41-,42-,44+/m1/s1. The number of likely N-dealkylation sites (N-methyl/N-ethyl adjacent to an activating group) is 1. The largest absolute Gasteiger partial charge is 0.506 e. The van der Waals surface area contributed by atoms with E-state index in [0.29, 0.717) is 56.8 Å². The van der Waals surface area contributed by atoms with Crippen molar-refractivity contribution in [3.8, 4) is 11.4 Å². The molecule has 4 heterocycles. The molecule has 2 aromatic heterocycles. The summed E-state index contributed by atoms with van der Waals surface area (Å²) in [4.78, 5) is 21.2. The maximum Gasteiger partial charge on any atom is 0.506 e. The molecule has 308 valence electrons. The predicted octanol–water partition coefficient (Wildman–Crippen LogP) is 8.13. The minimum atomic E-state index is -1.19. The van der Waals surface area contributed by atoms with Crippen molar-refractivity contribution < 1.29 is 33.2 Å². The van der Waals surface area contributed by atoms with Crippen LogP contribution in [0, 0.1) is 56.6 Å². The zero-order valence-corrected chi connectivity index (χ0v) is 34.8. The number of pyridine rings is 1. The van der Waals surface area contributed by atoms with Crippen LogP contribution >= 0.6 is 0 Å². The molecule has 2 aliphatic heterocycles. The van der Waals surface area contributed by atoms with E-state index in [9.17, 15) is 9.90 Å². The predicted molar refractivity (Wildman–Crippen MR) is 209 cm³/mol.